The molecular weight excluding hydrogens is 291 g/mol. The predicted molar refractivity (Wildman–Crippen MR) is 87.0 cm³/mol. The van der Waals surface area contributed by atoms with Gasteiger partial charge in [-0.25, -0.2) is 4.39 Å². The van der Waals surface area contributed by atoms with Crippen molar-refractivity contribution >= 4 is 0 Å². The Bertz CT molecular complexity index is 845. The van der Waals surface area contributed by atoms with Gasteiger partial charge in [-0.3, -0.25) is 0 Å². The van der Waals surface area contributed by atoms with E-state index in [0.29, 0.717) is 16.7 Å². The van der Waals surface area contributed by atoms with Crippen molar-refractivity contribution in [3.8, 4) is 22.3 Å². The third-order valence-electron chi connectivity index (χ3n) is 4.20. The summed E-state index contributed by atoms with van der Waals surface area (Å²) in [5.41, 5.74) is 3.93. The summed E-state index contributed by atoms with van der Waals surface area (Å²) in [6, 6.07) is 20.5. The summed E-state index contributed by atoms with van der Waals surface area (Å²) in [6.07, 6.45) is -1.00. The maximum Gasteiger partial charge on any atom is 0.181 e. The average molecular weight is 306 g/mol. The van der Waals surface area contributed by atoms with E-state index in [1.165, 1.54) is 0 Å². The minimum absolute atomic E-state index is 0.215. The Morgan fingerprint density at radius 1 is 0.913 bits per heavy atom. The van der Waals surface area contributed by atoms with Gasteiger partial charge in [-0.05, 0) is 22.8 Å². The second-order valence-corrected chi connectivity index (χ2v) is 5.58. The highest BCUT2D eigenvalue weighted by Crippen LogP contribution is 2.42. The molecule has 1 heterocycles. The highest BCUT2D eigenvalue weighted by Gasteiger charge is 2.28. The summed E-state index contributed by atoms with van der Waals surface area (Å²) in [5.74, 6) is -0.279. The number of ether oxygens (including phenoxy) is 1. The van der Waals surface area contributed by atoms with E-state index in [-0.39, 0.29) is 12.4 Å². The van der Waals surface area contributed by atoms with Crippen LogP contribution in [-0.4, -0.2) is 5.11 Å². The Labute approximate surface area is 133 Å². The van der Waals surface area contributed by atoms with Gasteiger partial charge >= 0.3 is 0 Å². The molecule has 0 spiro atoms. The minimum Gasteiger partial charge on any atom is -0.364 e. The lowest BCUT2D eigenvalue weighted by atomic mass is 9.90. The number of halogens is 1. The molecule has 0 radical (unpaired) electrons. The molecule has 0 saturated carbocycles. The monoisotopic (exact) mass is 306 g/mol. The van der Waals surface area contributed by atoms with Gasteiger partial charge in [0.1, 0.15) is 5.82 Å². The Morgan fingerprint density at radius 3 is 2.17 bits per heavy atom. The molecule has 0 aromatic heterocycles. The smallest absolute Gasteiger partial charge is 0.181 e. The second-order valence-electron chi connectivity index (χ2n) is 5.58. The number of benzene rings is 3. The Balaban J connectivity index is 2.02. The molecule has 0 aliphatic carbocycles. The van der Waals surface area contributed by atoms with Crippen molar-refractivity contribution in [1.29, 1.82) is 0 Å². The summed E-state index contributed by atoms with van der Waals surface area (Å²) >= 11 is 0. The van der Waals surface area contributed by atoms with E-state index in [1.54, 1.807) is 6.07 Å². The fraction of sp³-hybridized carbons (Fsp3) is 0.100. The van der Waals surface area contributed by atoms with Gasteiger partial charge in [0.15, 0.2) is 6.29 Å². The molecule has 1 aliphatic heterocycles. The number of aliphatic hydroxyl groups is 1. The van der Waals surface area contributed by atoms with E-state index in [4.69, 9.17) is 4.74 Å². The first-order chi connectivity index (χ1) is 11.3. The Hall–Kier alpha value is -2.49. The molecular formula is C20H15FO2. The van der Waals surface area contributed by atoms with E-state index in [2.05, 4.69) is 0 Å². The molecule has 2 nitrogen and oxygen atoms in total. The van der Waals surface area contributed by atoms with Gasteiger partial charge in [-0.1, -0.05) is 60.7 Å². The van der Waals surface area contributed by atoms with E-state index >= 15 is 4.39 Å². The molecule has 1 atom stereocenters. The molecule has 0 fully saturated rings. The zero-order valence-corrected chi connectivity index (χ0v) is 12.4. The van der Waals surface area contributed by atoms with Crippen LogP contribution in [0, 0.1) is 5.82 Å². The standard InChI is InChI=1S/C20H15FO2/c21-19-15(13-7-3-1-4-8-13)11-16-17(12-23-20(16)22)18(19)14-9-5-2-6-10-14/h1-11,20,22H,12H2. The molecule has 0 amide bonds. The zero-order valence-electron chi connectivity index (χ0n) is 12.4. The number of aliphatic hydroxyl groups excluding tert-OH is 1. The summed E-state index contributed by atoms with van der Waals surface area (Å²) in [4.78, 5) is 0. The molecule has 1 aliphatic rings. The topological polar surface area (TPSA) is 29.5 Å². The molecule has 114 valence electrons. The first kappa shape index (κ1) is 14.1. The van der Waals surface area contributed by atoms with Gasteiger partial charge < -0.3 is 9.84 Å². The predicted octanol–water partition coefficient (Wildman–Crippen LogP) is 4.68. The number of fused-ring (bicyclic) bond motifs is 1. The van der Waals surface area contributed by atoms with Crippen LogP contribution >= 0.6 is 0 Å². The highest BCUT2D eigenvalue weighted by molar-refractivity contribution is 5.78. The molecule has 3 aromatic carbocycles. The number of hydrogen-bond donors (Lipinski definition) is 1. The van der Waals surface area contributed by atoms with Crippen LogP contribution < -0.4 is 0 Å². The number of rotatable bonds is 2. The lowest BCUT2D eigenvalue weighted by molar-refractivity contribution is -0.0918. The van der Waals surface area contributed by atoms with Crippen molar-refractivity contribution < 1.29 is 14.2 Å². The average Bonchev–Trinajstić information content (AvgIpc) is 2.96. The van der Waals surface area contributed by atoms with Crippen LogP contribution in [0.4, 0.5) is 4.39 Å². The van der Waals surface area contributed by atoms with Crippen LogP contribution in [0.15, 0.2) is 66.7 Å². The molecule has 1 N–H and O–H groups in total. The molecule has 4 rings (SSSR count). The van der Waals surface area contributed by atoms with Crippen molar-refractivity contribution in [2.75, 3.05) is 0 Å². The van der Waals surface area contributed by atoms with Gasteiger partial charge in [0.05, 0.1) is 6.61 Å². The van der Waals surface area contributed by atoms with Crippen LogP contribution in [0.25, 0.3) is 22.3 Å². The van der Waals surface area contributed by atoms with Gasteiger partial charge in [0, 0.05) is 16.7 Å². The molecule has 23 heavy (non-hydrogen) atoms. The third kappa shape index (κ3) is 2.34. The molecule has 3 aromatic rings. The van der Waals surface area contributed by atoms with Gasteiger partial charge in [-0.2, -0.15) is 0 Å². The normalized spacial score (nSPS) is 16.3. The lowest BCUT2D eigenvalue weighted by Crippen LogP contribution is -1.99. The van der Waals surface area contributed by atoms with Crippen LogP contribution in [0.5, 0.6) is 0 Å². The fourth-order valence-electron chi connectivity index (χ4n) is 3.08. The highest BCUT2D eigenvalue weighted by atomic mass is 19.1. The lowest BCUT2D eigenvalue weighted by Gasteiger charge is -2.14. The van der Waals surface area contributed by atoms with E-state index in [9.17, 15) is 5.11 Å². The quantitative estimate of drug-likeness (QED) is 0.745. The first-order valence-corrected chi connectivity index (χ1v) is 7.51. The van der Waals surface area contributed by atoms with Gasteiger partial charge in [-0.15, -0.1) is 0 Å². The van der Waals surface area contributed by atoms with Crippen molar-refractivity contribution in [2.24, 2.45) is 0 Å². The van der Waals surface area contributed by atoms with Crippen molar-refractivity contribution in [1.82, 2.24) is 0 Å². The largest absolute Gasteiger partial charge is 0.364 e. The molecule has 0 bridgehead atoms. The van der Waals surface area contributed by atoms with E-state index in [1.807, 2.05) is 60.7 Å². The van der Waals surface area contributed by atoms with E-state index in [0.717, 1.165) is 16.7 Å². The first-order valence-electron chi connectivity index (χ1n) is 7.51. The van der Waals surface area contributed by atoms with Crippen LogP contribution in [0.2, 0.25) is 0 Å². The fourth-order valence-corrected chi connectivity index (χ4v) is 3.08. The van der Waals surface area contributed by atoms with Crippen molar-refractivity contribution in [3.63, 3.8) is 0 Å². The molecule has 0 saturated heterocycles. The van der Waals surface area contributed by atoms with Crippen molar-refractivity contribution in [3.05, 3.63) is 83.7 Å². The number of hydrogen-bond acceptors (Lipinski definition) is 2. The van der Waals surface area contributed by atoms with E-state index < -0.39 is 6.29 Å². The van der Waals surface area contributed by atoms with Gasteiger partial charge in [0.25, 0.3) is 0 Å². The maximum atomic E-state index is 15.3. The third-order valence-corrected chi connectivity index (χ3v) is 4.20. The van der Waals surface area contributed by atoms with Gasteiger partial charge in [0.2, 0.25) is 0 Å². The molecule has 3 heteroatoms. The Morgan fingerprint density at radius 2 is 1.52 bits per heavy atom. The second kappa shape index (κ2) is 5.61. The Kier molecular flexibility index (Phi) is 3.45. The molecule has 1 unspecified atom stereocenters. The van der Waals surface area contributed by atoms with Crippen LogP contribution in [0.3, 0.4) is 0 Å². The summed E-state index contributed by atoms with van der Waals surface area (Å²) in [6.45, 7) is 0.215. The van der Waals surface area contributed by atoms with Crippen molar-refractivity contribution in [2.45, 2.75) is 12.9 Å². The zero-order chi connectivity index (χ0) is 15.8. The van der Waals surface area contributed by atoms with Crippen LogP contribution in [0.1, 0.15) is 17.4 Å². The SMILES string of the molecule is OC1OCc2c1cc(-c1ccccc1)c(F)c2-c1ccccc1. The maximum absolute atomic E-state index is 15.3. The summed E-state index contributed by atoms with van der Waals surface area (Å²) < 4.78 is 20.6. The summed E-state index contributed by atoms with van der Waals surface area (Å²) in [5, 5.41) is 10.1. The summed E-state index contributed by atoms with van der Waals surface area (Å²) in [7, 11) is 0. The van der Waals surface area contributed by atoms with Crippen LogP contribution in [-0.2, 0) is 11.3 Å². The minimum atomic E-state index is -1.00.